The largest absolute Gasteiger partial charge is 0.394 e. The van der Waals surface area contributed by atoms with Gasteiger partial charge in [-0.1, -0.05) is 6.07 Å². The van der Waals surface area contributed by atoms with E-state index in [1.54, 1.807) is 31.6 Å². The lowest BCUT2D eigenvalue weighted by atomic mass is 9.95. The zero-order chi connectivity index (χ0) is 19.6. The maximum absolute atomic E-state index is 14.4. The Morgan fingerprint density at radius 1 is 1.21 bits per heavy atom. The number of aromatic nitrogens is 4. The van der Waals surface area contributed by atoms with Crippen molar-refractivity contribution in [3.63, 3.8) is 0 Å². The molecule has 3 aromatic heterocycles. The molecule has 28 heavy (non-hydrogen) atoms. The Bertz CT molecular complexity index is 1490. The van der Waals surface area contributed by atoms with Crippen molar-refractivity contribution in [3.05, 3.63) is 63.4 Å². The predicted octanol–water partition coefficient (Wildman–Crippen LogP) is 4.11. The van der Waals surface area contributed by atoms with E-state index < -0.39 is 5.56 Å². The van der Waals surface area contributed by atoms with Crippen LogP contribution in [0, 0.1) is 5.82 Å². The number of rotatable bonds is 1. The van der Waals surface area contributed by atoms with Gasteiger partial charge in [0.05, 0.1) is 17.2 Å². The van der Waals surface area contributed by atoms with Crippen molar-refractivity contribution in [1.29, 1.82) is 0 Å². The zero-order valence-corrected chi connectivity index (χ0v) is 16.2. The SMILES string of the molecule is Cn1ncc2c(-c3c(N)c(=O)[nH]c4c3cc(Br)c3ncccc34)ccc(F)c21. The van der Waals surface area contributed by atoms with Gasteiger partial charge in [-0.3, -0.25) is 14.5 Å². The maximum atomic E-state index is 14.4. The van der Waals surface area contributed by atoms with Crippen molar-refractivity contribution < 1.29 is 4.39 Å². The van der Waals surface area contributed by atoms with E-state index >= 15 is 0 Å². The molecular formula is C20H13BrFN5O. The first-order valence-electron chi connectivity index (χ1n) is 8.46. The molecule has 0 fully saturated rings. The monoisotopic (exact) mass is 437 g/mol. The molecule has 0 bridgehead atoms. The second-order valence-corrected chi connectivity index (χ2v) is 7.40. The average Bonchev–Trinajstić information content (AvgIpc) is 3.08. The van der Waals surface area contributed by atoms with Crippen molar-refractivity contribution >= 4 is 54.3 Å². The van der Waals surface area contributed by atoms with E-state index in [2.05, 4.69) is 31.0 Å². The number of H-pyrrole nitrogens is 1. The summed E-state index contributed by atoms with van der Waals surface area (Å²) in [7, 11) is 1.67. The van der Waals surface area contributed by atoms with Crippen molar-refractivity contribution in [1.82, 2.24) is 19.7 Å². The first-order chi connectivity index (χ1) is 13.5. The predicted molar refractivity (Wildman–Crippen MR) is 112 cm³/mol. The highest BCUT2D eigenvalue weighted by Gasteiger charge is 2.20. The summed E-state index contributed by atoms with van der Waals surface area (Å²) in [6.07, 6.45) is 3.27. The number of aromatic amines is 1. The Morgan fingerprint density at radius 2 is 2.04 bits per heavy atom. The Balaban J connectivity index is 2.03. The molecule has 0 saturated carbocycles. The van der Waals surface area contributed by atoms with Gasteiger partial charge in [-0.2, -0.15) is 5.10 Å². The van der Waals surface area contributed by atoms with Crippen molar-refractivity contribution in [2.45, 2.75) is 0 Å². The molecule has 0 saturated heterocycles. The van der Waals surface area contributed by atoms with Crippen LogP contribution in [-0.4, -0.2) is 19.7 Å². The van der Waals surface area contributed by atoms with E-state index in [0.717, 1.165) is 20.8 Å². The number of halogens is 2. The molecule has 8 heteroatoms. The molecule has 3 heterocycles. The number of pyridine rings is 2. The molecule has 0 unspecified atom stereocenters. The van der Waals surface area contributed by atoms with Gasteiger partial charge in [-0.05, 0) is 45.8 Å². The summed E-state index contributed by atoms with van der Waals surface area (Å²) < 4.78 is 16.6. The van der Waals surface area contributed by atoms with E-state index in [9.17, 15) is 9.18 Å². The number of aryl methyl sites for hydroxylation is 1. The Morgan fingerprint density at radius 3 is 2.86 bits per heavy atom. The number of nitrogens with one attached hydrogen (secondary N) is 1. The lowest BCUT2D eigenvalue weighted by molar-refractivity contribution is 0.626. The average molecular weight is 438 g/mol. The quantitative estimate of drug-likeness (QED) is 0.386. The number of nitrogens with two attached hydrogens (primary N) is 1. The molecule has 2 aromatic carbocycles. The van der Waals surface area contributed by atoms with Gasteiger partial charge in [0.2, 0.25) is 0 Å². The molecule has 0 amide bonds. The smallest absolute Gasteiger partial charge is 0.272 e. The third kappa shape index (κ3) is 2.21. The number of nitrogen functional groups attached to an aromatic ring is 1. The normalized spacial score (nSPS) is 11.7. The maximum Gasteiger partial charge on any atom is 0.272 e. The standard InChI is InChI=1S/C20H13BrFN5O/c1-27-19-12(8-25-27)9(4-5-14(19)22)15-11-7-13(21)18-10(3-2-6-24-18)17(11)26-20(28)16(15)23/h2-8H,23H2,1H3,(H,26,28). The van der Waals surface area contributed by atoms with Crippen LogP contribution in [0.1, 0.15) is 0 Å². The van der Waals surface area contributed by atoms with E-state index in [1.165, 1.54) is 10.7 Å². The van der Waals surface area contributed by atoms with Crippen LogP contribution in [0.25, 0.3) is 43.8 Å². The molecule has 5 aromatic rings. The molecule has 0 spiro atoms. The molecule has 0 aliphatic carbocycles. The van der Waals surface area contributed by atoms with Crippen LogP contribution in [0.4, 0.5) is 10.1 Å². The van der Waals surface area contributed by atoms with E-state index in [-0.39, 0.29) is 11.5 Å². The van der Waals surface area contributed by atoms with E-state index in [1.807, 2.05) is 12.1 Å². The van der Waals surface area contributed by atoms with Crippen molar-refractivity contribution in [3.8, 4) is 11.1 Å². The number of anilines is 1. The van der Waals surface area contributed by atoms with Gasteiger partial charge in [-0.25, -0.2) is 4.39 Å². The van der Waals surface area contributed by atoms with Crippen LogP contribution in [0.2, 0.25) is 0 Å². The minimum absolute atomic E-state index is 0.0689. The van der Waals surface area contributed by atoms with Crippen LogP contribution >= 0.6 is 15.9 Å². The fourth-order valence-corrected chi connectivity index (χ4v) is 4.28. The molecule has 3 N–H and O–H groups in total. The highest BCUT2D eigenvalue weighted by Crippen LogP contribution is 2.39. The summed E-state index contributed by atoms with van der Waals surface area (Å²) in [5.74, 6) is -0.387. The van der Waals surface area contributed by atoms with E-state index in [0.29, 0.717) is 27.5 Å². The van der Waals surface area contributed by atoms with Gasteiger partial charge in [-0.15, -0.1) is 0 Å². The second kappa shape index (κ2) is 5.87. The third-order valence-corrected chi connectivity index (χ3v) is 5.59. The van der Waals surface area contributed by atoms with Gasteiger partial charge in [0.25, 0.3) is 5.56 Å². The molecule has 138 valence electrons. The zero-order valence-electron chi connectivity index (χ0n) is 14.6. The summed E-state index contributed by atoms with van der Waals surface area (Å²) in [6.45, 7) is 0. The number of hydrogen-bond donors (Lipinski definition) is 2. The van der Waals surface area contributed by atoms with E-state index in [4.69, 9.17) is 5.73 Å². The Kier molecular flexibility index (Phi) is 3.54. The van der Waals surface area contributed by atoms with Crippen LogP contribution in [-0.2, 0) is 7.05 Å². The molecule has 0 aliphatic heterocycles. The summed E-state index contributed by atoms with van der Waals surface area (Å²) in [5.41, 5.74) is 8.78. The Labute approximate surface area is 165 Å². The lowest BCUT2D eigenvalue weighted by Crippen LogP contribution is -2.14. The van der Waals surface area contributed by atoms with Gasteiger partial charge in [0, 0.05) is 39.4 Å². The van der Waals surface area contributed by atoms with Crippen LogP contribution in [0.3, 0.4) is 0 Å². The Hall–Kier alpha value is -3.26. The minimum Gasteiger partial charge on any atom is -0.394 e. The molecule has 0 radical (unpaired) electrons. The molecule has 6 nitrogen and oxygen atoms in total. The highest BCUT2D eigenvalue weighted by molar-refractivity contribution is 9.10. The lowest BCUT2D eigenvalue weighted by Gasteiger charge is -2.14. The van der Waals surface area contributed by atoms with Gasteiger partial charge >= 0.3 is 0 Å². The van der Waals surface area contributed by atoms with Gasteiger partial charge < -0.3 is 10.7 Å². The van der Waals surface area contributed by atoms with Crippen molar-refractivity contribution in [2.75, 3.05) is 5.73 Å². The topological polar surface area (TPSA) is 89.6 Å². The van der Waals surface area contributed by atoms with Crippen molar-refractivity contribution in [2.24, 2.45) is 7.05 Å². The summed E-state index contributed by atoms with van der Waals surface area (Å²) in [6, 6.07) is 8.56. The summed E-state index contributed by atoms with van der Waals surface area (Å²) in [4.78, 5) is 19.9. The number of nitrogens with zero attached hydrogens (tertiary/aromatic N) is 3. The number of fused-ring (bicyclic) bond motifs is 4. The fraction of sp³-hybridized carbons (Fsp3) is 0.0500. The minimum atomic E-state index is -0.406. The molecule has 0 aliphatic rings. The highest BCUT2D eigenvalue weighted by atomic mass is 79.9. The second-order valence-electron chi connectivity index (χ2n) is 6.55. The number of benzene rings is 2. The first kappa shape index (κ1) is 16.9. The molecule has 0 atom stereocenters. The van der Waals surface area contributed by atoms with Gasteiger partial charge in [0.1, 0.15) is 17.0 Å². The molecular weight excluding hydrogens is 425 g/mol. The third-order valence-electron chi connectivity index (χ3n) is 4.99. The summed E-state index contributed by atoms with van der Waals surface area (Å²) in [5, 5.41) is 6.28. The van der Waals surface area contributed by atoms with Crippen LogP contribution < -0.4 is 11.3 Å². The summed E-state index contributed by atoms with van der Waals surface area (Å²) >= 11 is 3.56. The van der Waals surface area contributed by atoms with Gasteiger partial charge in [0.15, 0.2) is 0 Å². The number of hydrogen-bond acceptors (Lipinski definition) is 4. The first-order valence-corrected chi connectivity index (χ1v) is 9.26. The van der Waals surface area contributed by atoms with Crippen LogP contribution in [0.15, 0.2) is 52.0 Å². The van der Waals surface area contributed by atoms with Crippen LogP contribution in [0.5, 0.6) is 0 Å². The molecule has 5 rings (SSSR count). The fourth-order valence-electron chi connectivity index (χ4n) is 3.73.